The Morgan fingerprint density at radius 2 is 1.48 bits per heavy atom. The second kappa shape index (κ2) is 11.8. The Kier molecular flexibility index (Phi) is 11.3. The molecule has 0 aliphatic heterocycles. The number of allylic oxidation sites excluding steroid dienone is 5. The fourth-order valence-electron chi connectivity index (χ4n) is 2.36. The Labute approximate surface area is 132 Å². The molecule has 21 heavy (non-hydrogen) atoms. The van der Waals surface area contributed by atoms with Gasteiger partial charge < -0.3 is 5.11 Å². The van der Waals surface area contributed by atoms with E-state index in [-0.39, 0.29) is 6.10 Å². The zero-order valence-electron chi connectivity index (χ0n) is 15.1. The molecular formula is C20H36O. The average molecular weight is 293 g/mol. The van der Waals surface area contributed by atoms with Crippen molar-refractivity contribution in [3.05, 3.63) is 34.9 Å². The van der Waals surface area contributed by atoms with Gasteiger partial charge in [-0.15, -0.1) is 0 Å². The fraction of sp³-hybridized carbons (Fsp3) is 0.700. The molecule has 0 heterocycles. The standard InChI is InChI=1S/C20H36O/c1-16(2)9-7-11-18(5)13-14-20(21)15-19(6)12-8-10-17(3)4/h9-10,13,19-21H,7-8,11-12,14-15H2,1-6H3/b18-13+. The highest BCUT2D eigenvalue weighted by molar-refractivity contribution is 5.02. The SMILES string of the molecule is CC(C)=CCC/C(C)=C/CC(O)CC(C)CCC=C(C)C. The minimum atomic E-state index is -0.190. The van der Waals surface area contributed by atoms with Crippen LogP contribution < -0.4 is 0 Å². The van der Waals surface area contributed by atoms with E-state index in [0.717, 1.165) is 32.1 Å². The lowest BCUT2D eigenvalue weighted by atomic mass is 9.95. The number of aliphatic hydroxyl groups is 1. The summed E-state index contributed by atoms with van der Waals surface area (Å²) in [6.45, 7) is 13.0. The molecule has 0 aromatic carbocycles. The van der Waals surface area contributed by atoms with E-state index in [1.165, 1.54) is 23.1 Å². The molecule has 1 N–H and O–H groups in total. The van der Waals surface area contributed by atoms with Gasteiger partial charge in [0, 0.05) is 0 Å². The first kappa shape index (κ1) is 20.2. The summed E-state index contributed by atoms with van der Waals surface area (Å²) >= 11 is 0. The highest BCUT2D eigenvalue weighted by atomic mass is 16.3. The van der Waals surface area contributed by atoms with Crippen LogP contribution >= 0.6 is 0 Å². The predicted molar refractivity (Wildman–Crippen MR) is 95.5 cm³/mol. The second-order valence-electron chi connectivity index (χ2n) is 6.96. The van der Waals surface area contributed by atoms with Crippen molar-refractivity contribution < 1.29 is 5.11 Å². The van der Waals surface area contributed by atoms with Gasteiger partial charge in [-0.1, -0.05) is 41.9 Å². The summed E-state index contributed by atoms with van der Waals surface area (Å²) < 4.78 is 0. The number of hydrogen-bond acceptors (Lipinski definition) is 1. The topological polar surface area (TPSA) is 20.2 Å². The number of rotatable bonds is 10. The number of hydrogen-bond donors (Lipinski definition) is 1. The van der Waals surface area contributed by atoms with Gasteiger partial charge >= 0.3 is 0 Å². The van der Waals surface area contributed by atoms with Crippen LogP contribution in [0.5, 0.6) is 0 Å². The zero-order chi connectivity index (χ0) is 16.3. The Morgan fingerprint density at radius 1 is 0.905 bits per heavy atom. The van der Waals surface area contributed by atoms with E-state index in [1.807, 2.05) is 0 Å². The summed E-state index contributed by atoms with van der Waals surface area (Å²) in [5.74, 6) is 0.593. The van der Waals surface area contributed by atoms with Crippen LogP contribution in [0.15, 0.2) is 34.9 Å². The second-order valence-corrected chi connectivity index (χ2v) is 6.96. The molecule has 0 aliphatic carbocycles. The van der Waals surface area contributed by atoms with Gasteiger partial charge in [0.1, 0.15) is 0 Å². The third-order valence-electron chi connectivity index (χ3n) is 3.72. The van der Waals surface area contributed by atoms with Gasteiger partial charge in [0.2, 0.25) is 0 Å². The minimum Gasteiger partial charge on any atom is -0.393 e. The third kappa shape index (κ3) is 13.9. The van der Waals surface area contributed by atoms with Crippen molar-refractivity contribution in [2.45, 2.75) is 86.2 Å². The van der Waals surface area contributed by atoms with E-state index in [9.17, 15) is 5.11 Å². The predicted octanol–water partition coefficient (Wildman–Crippen LogP) is 6.20. The summed E-state index contributed by atoms with van der Waals surface area (Å²) in [7, 11) is 0. The van der Waals surface area contributed by atoms with Gasteiger partial charge in [-0.25, -0.2) is 0 Å². The van der Waals surface area contributed by atoms with Gasteiger partial charge in [-0.3, -0.25) is 0 Å². The van der Waals surface area contributed by atoms with Crippen molar-refractivity contribution in [3.63, 3.8) is 0 Å². The molecule has 0 spiro atoms. The van der Waals surface area contributed by atoms with Crippen molar-refractivity contribution in [1.29, 1.82) is 0 Å². The largest absolute Gasteiger partial charge is 0.393 e. The molecule has 122 valence electrons. The molecule has 0 amide bonds. The maximum absolute atomic E-state index is 10.1. The Hall–Kier alpha value is -0.820. The lowest BCUT2D eigenvalue weighted by Gasteiger charge is -2.15. The normalized spacial score (nSPS) is 14.5. The van der Waals surface area contributed by atoms with Gasteiger partial charge in [0.15, 0.2) is 0 Å². The molecule has 0 radical (unpaired) electrons. The fourth-order valence-corrected chi connectivity index (χ4v) is 2.36. The molecule has 2 unspecified atom stereocenters. The van der Waals surface area contributed by atoms with E-state index >= 15 is 0 Å². The lowest BCUT2D eigenvalue weighted by Crippen LogP contribution is -2.10. The van der Waals surface area contributed by atoms with Crippen LogP contribution in [0, 0.1) is 5.92 Å². The molecule has 1 nitrogen and oxygen atoms in total. The minimum absolute atomic E-state index is 0.190. The first-order valence-electron chi connectivity index (χ1n) is 8.41. The smallest absolute Gasteiger partial charge is 0.0577 e. The lowest BCUT2D eigenvalue weighted by molar-refractivity contribution is 0.146. The van der Waals surface area contributed by atoms with Gasteiger partial charge in [-0.05, 0) is 79.1 Å². The van der Waals surface area contributed by atoms with E-state index in [1.54, 1.807) is 0 Å². The highest BCUT2D eigenvalue weighted by Gasteiger charge is 2.08. The highest BCUT2D eigenvalue weighted by Crippen LogP contribution is 2.17. The molecule has 0 bridgehead atoms. The van der Waals surface area contributed by atoms with Crippen LogP contribution in [-0.2, 0) is 0 Å². The molecule has 1 heteroatoms. The van der Waals surface area contributed by atoms with Gasteiger partial charge in [0.05, 0.1) is 6.10 Å². The van der Waals surface area contributed by atoms with Crippen LogP contribution in [0.4, 0.5) is 0 Å². The van der Waals surface area contributed by atoms with Crippen LogP contribution in [-0.4, -0.2) is 11.2 Å². The van der Waals surface area contributed by atoms with Crippen molar-refractivity contribution >= 4 is 0 Å². The molecule has 0 aromatic rings. The summed E-state index contributed by atoms with van der Waals surface area (Å²) in [6, 6.07) is 0. The Balaban J connectivity index is 3.93. The summed E-state index contributed by atoms with van der Waals surface area (Å²) in [5, 5.41) is 10.1. The van der Waals surface area contributed by atoms with Gasteiger partial charge in [0.25, 0.3) is 0 Å². The monoisotopic (exact) mass is 292 g/mol. The third-order valence-corrected chi connectivity index (χ3v) is 3.72. The van der Waals surface area contributed by atoms with E-state index in [4.69, 9.17) is 0 Å². The molecule has 0 fully saturated rings. The summed E-state index contributed by atoms with van der Waals surface area (Å²) in [6.07, 6.45) is 12.8. The van der Waals surface area contributed by atoms with Crippen LogP contribution in [0.3, 0.4) is 0 Å². The zero-order valence-corrected chi connectivity index (χ0v) is 15.1. The van der Waals surface area contributed by atoms with Crippen LogP contribution in [0.25, 0.3) is 0 Å². The molecule has 0 saturated heterocycles. The van der Waals surface area contributed by atoms with Crippen molar-refractivity contribution in [2.75, 3.05) is 0 Å². The average Bonchev–Trinajstić information content (AvgIpc) is 2.35. The molecule has 0 aromatic heterocycles. The summed E-state index contributed by atoms with van der Waals surface area (Å²) in [5.41, 5.74) is 4.16. The Bertz CT molecular complexity index is 352. The molecule has 2 atom stereocenters. The van der Waals surface area contributed by atoms with E-state index in [0.29, 0.717) is 5.92 Å². The van der Waals surface area contributed by atoms with Crippen molar-refractivity contribution in [3.8, 4) is 0 Å². The van der Waals surface area contributed by atoms with Gasteiger partial charge in [-0.2, -0.15) is 0 Å². The first-order valence-corrected chi connectivity index (χ1v) is 8.41. The van der Waals surface area contributed by atoms with Crippen LogP contribution in [0.1, 0.15) is 80.1 Å². The van der Waals surface area contributed by atoms with Crippen LogP contribution in [0.2, 0.25) is 0 Å². The van der Waals surface area contributed by atoms with Crippen molar-refractivity contribution in [2.24, 2.45) is 5.92 Å². The molecule has 0 aliphatic rings. The molecule has 0 rings (SSSR count). The Morgan fingerprint density at radius 3 is 2.05 bits per heavy atom. The number of aliphatic hydroxyl groups excluding tert-OH is 1. The van der Waals surface area contributed by atoms with E-state index < -0.39 is 0 Å². The maximum atomic E-state index is 10.1. The van der Waals surface area contributed by atoms with Crippen molar-refractivity contribution in [1.82, 2.24) is 0 Å². The van der Waals surface area contributed by atoms with E-state index in [2.05, 4.69) is 59.8 Å². The summed E-state index contributed by atoms with van der Waals surface area (Å²) in [4.78, 5) is 0. The maximum Gasteiger partial charge on any atom is 0.0577 e. The quantitative estimate of drug-likeness (QED) is 0.475. The first-order chi connectivity index (χ1) is 9.81. The molecular weight excluding hydrogens is 256 g/mol. The molecule has 0 saturated carbocycles.